The number of nitrogens with zero attached hydrogens (tertiary/aromatic N) is 1. The Morgan fingerprint density at radius 1 is 1.09 bits per heavy atom. The van der Waals surface area contributed by atoms with Gasteiger partial charge in [-0.2, -0.15) is 0 Å². The molecule has 0 spiro atoms. The van der Waals surface area contributed by atoms with E-state index in [1.54, 1.807) is 13.0 Å². The summed E-state index contributed by atoms with van der Waals surface area (Å²) in [5.74, 6) is 0. The van der Waals surface area contributed by atoms with E-state index < -0.39 is 12.0 Å². The quantitative estimate of drug-likeness (QED) is 0.846. The molecule has 1 aromatic heterocycles. The van der Waals surface area contributed by atoms with Gasteiger partial charge in [0.2, 0.25) is 0 Å². The molecule has 0 saturated carbocycles. The van der Waals surface area contributed by atoms with E-state index in [-0.39, 0.29) is 17.8 Å². The predicted molar refractivity (Wildman–Crippen MR) is 86.2 cm³/mol. The maximum Gasteiger partial charge on any atom is 0.280 e. The first-order valence-corrected chi connectivity index (χ1v) is 7.60. The Kier molecular flexibility index (Phi) is 5.44. The van der Waals surface area contributed by atoms with E-state index in [2.05, 4.69) is 10.3 Å². The Morgan fingerprint density at radius 2 is 1.74 bits per heavy atom. The van der Waals surface area contributed by atoms with Crippen LogP contribution in [0.4, 0.5) is 8.78 Å². The molecule has 0 aliphatic heterocycles. The van der Waals surface area contributed by atoms with Crippen LogP contribution in [0.3, 0.4) is 0 Å². The van der Waals surface area contributed by atoms with E-state index in [1.165, 1.54) is 12.3 Å². The van der Waals surface area contributed by atoms with Crippen molar-refractivity contribution in [2.75, 3.05) is 0 Å². The van der Waals surface area contributed by atoms with Gasteiger partial charge in [-0.15, -0.1) is 0 Å². The third-order valence-corrected chi connectivity index (χ3v) is 4.23. The molecule has 1 heterocycles. The average Bonchev–Trinajstić information content (AvgIpc) is 2.55. The van der Waals surface area contributed by atoms with Crippen LogP contribution in [0, 0.1) is 0 Å². The third-order valence-electron chi connectivity index (χ3n) is 4.23. The fourth-order valence-electron chi connectivity index (χ4n) is 2.46. The predicted octanol–water partition coefficient (Wildman–Crippen LogP) is 3.97. The Hall–Kier alpha value is -1.85. The van der Waals surface area contributed by atoms with Crippen LogP contribution in [0.2, 0.25) is 0 Å². The Bertz CT molecular complexity index is 615. The summed E-state index contributed by atoms with van der Waals surface area (Å²) in [7, 11) is 0. The van der Waals surface area contributed by atoms with Crippen LogP contribution in [0.15, 0.2) is 48.7 Å². The molecule has 0 aliphatic rings. The van der Waals surface area contributed by atoms with Crippen LogP contribution in [-0.4, -0.2) is 16.1 Å². The molecule has 2 rings (SSSR count). The number of hydrogen-bond donors (Lipinski definition) is 2. The first-order valence-electron chi connectivity index (χ1n) is 7.60. The largest absolute Gasteiger partial charge is 0.384 e. The second-order valence-electron chi connectivity index (χ2n) is 5.94. The number of benzene rings is 1. The lowest BCUT2D eigenvalue weighted by Gasteiger charge is -2.33. The van der Waals surface area contributed by atoms with Gasteiger partial charge in [-0.05, 0) is 38.0 Å². The molecule has 2 aromatic rings. The van der Waals surface area contributed by atoms with E-state index in [4.69, 9.17) is 0 Å². The van der Waals surface area contributed by atoms with Crippen LogP contribution >= 0.6 is 0 Å². The van der Waals surface area contributed by atoms with Gasteiger partial charge >= 0.3 is 0 Å². The molecule has 2 N–H and O–H groups in total. The van der Waals surface area contributed by atoms with Crippen LogP contribution in [0.25, 0.3) is 0 Å². The van der Waals surface area contributed by atoms with Crippen molar-refractivity contribution in [2.24, 2.45) is 0 Å². The number of hydrogen-bond acceptors (Lipinski definition) is 3. The van der Waals surface area contributed by atoms with Crippen molar-refractivity contribution in [3.05, 3.63) is 65.5 Å². The van der Waals surface area contributed by atoms with Gasteiger partial charge in [-0.3, -0.25) is 4.98 Å². The fraction of sp³-hybridized carbons (Fsp3) is 0.389. The maximum atomic E-state index is 12.5. The van der Waals surface area contributed by atoms with Gasteiger partial charge in [0.15, 0.2) is 0 Å². The molecule has 3 unspecified atom stereocenters. The molecular formula is C18H22F2N2O. The summed E-state index contributed by atoms with van der Waals surface area (Å²) in [6.45, 7) is 5.56. The third kappa shape index (κ3) is 4.12. The van der Waals surface area contributed by atoms with Gasteiger partial charge < -0.3 is 10.4 Å². The number of rotatable bonds is 6. The lowest BCUT2D eigenvalue weighted by Crippen LogP contribution is -2.45. The molecule has 3 nitrogen and oxygen atoms in total. The summed E-state index contributed by atoms with van der Waals surface area (Å²) in [5, 5.41) is 14.1. The molecule has 1 aromatic carbocycles. The minimum Gasteiger partial charge on any atom is -0.384 e. The Labute approximate surface area is 135 Å². The minimum atomic E-state index is -2.56. The SMILES string of the molecule is CC(NC(C)C(C)(O)c1ccccc1)c1ccc(C(F)F)nc1. The van der Waals surface area contributed by atoms with Crippen molar-refractivity contribution in [2.45, 2.75) is 44.9 Å². The fourth-order valence-corrected chi connectivity index (χ4v) is 2.46. The number of alkyl halides is 2. The summed E-state index contributed by atoms with van der Waals surface area (Å²) in [6, 6.07) is 12.0. The van der Waals surface area contributed by atoms with Crippen LogP contribution in [0.1, 0.15) is 50.1 Å². The highest BCUT2D eigenvalue weighted by atomic mass is 19.3. The lowest BCUT2D eigenvalue weighted by molar-refractivity contribution is 0.0179. The topological polar surface area (TPSA) is 45.1 Å². The summed E-state index contributed by atoms with van der Waals surface area (Å²) >= 11 is 0. The second-order valence-corrected chi connectivity index (χ2v) is 5.94. The molecule has 23 heavy (non-hydrogen) atoms. The molecule has 0 fully saturated rings. The number of aliphatic hydroxyl groups is 1. The van der Waals surface area contributed by atoms with E-state index in [1.807, 2.05) is 44.2 Å². The number of pyridine rings is 1. The van der Waals surface area contributed by atoms with Gasteiger partial charge in [0, 0.05) is 18.3 Å². The Balaban J connectivity index is 2.08. The number of halogens is 2. The van der Waals surface area contributed by atoms with Gasteiger partial charge in [0.25, 0.3) is 6.43 Å². The molecule has 0 aliphatic carbocycles. The molecule has 5 heteroatoms. The molecule has 124 valence electrons. The molecule has 0 bridgehead atoms. The van der Waals surface area contributed by atoms with Gasteiger partial charge in [-0.25, -0.2) is 8.78 Å². The zero-order valence-corrected chi connectivity index (χ0v) is 13.5. The first kappa shape index (κ1) is 17.5. The Morgan fingerprint density at radius 3 is 2.26 bits per heavy atom. The smallest absolute Gasteiger partial charge is 0.280 e. The van der Waals surface area contributed by atoms with Crippen LogP contribution in [0.5, 0.6) is 0 Å². The molecule has 3 atom stereocenters. The van der Waals surface area contributed by atoms with Crippen molar-refractivity contribution < 1.29 is 13.9 Å². The average molecular weight is 320 g/mol. The van der Waals surface area contributed by atoms with Crippen molar-refractivity contribution >= 4 is 0 Å². The highest BCUT2D eigenvalue weighted by Crippen LogP contribution is 2.26. The number of aromatic nitrogens is 1. The molecule has 0 saturated heterocycles. The minimum absolute atomic E-state index is 0.126. The van der Waals surface area contributed by atoms with Crippen molar-refractivity contribution in [1.29, 1.82) is 0 Å². The highest BCUT2D eigenvalue weighted by molar-refractivity contribution is 5.24. The van der Waals surface area contributed by atoms with E-state index >= 15 is 0 Å². The van der Waals surface area contributed by atoms with Gasteiger partial charge in [-0.1, -0.05) is 36.4 Å². The zero-order chi connectivity index (χ0) is 17.0. The van der Waals surface area contributed by atoms with E-state index in [0.29, 0.717) is 0 Å². The molecular weight excluding hydrogens is 298 g/mol. The summed E-state index contributed by atoms with van der Waals surface area (Å²) in [6.07, 6.45) is -1.12. The first-order chi connectivity index (χ1) is 10.8. The van der Waals surface area contributed by atoms with E-state index in [9.17, 15) is 13.9 Å². The highest BCUT2D eigenvalue weighted by Gasteiger charge is 2.31. The monoisotopic (exact) mass is 320 g/mol. The van der Waals surface area contributed by atoms with Gasteiger partial charge in [0.05, 0.1) is 0 Å². The second kappa shape index (κ2) is 7.15. The maximum absolute atomic E-state index is 12.5. The lowest BCUT2D eigenvalue weighted by atomic mass is 9.88. The van der Waals surface area contributed by atoms with Crippen molar-refractivity contribution in [3.8, 4) is 0 Å². The summed E-state index contributed by atoms with van der Waals surface area (Å²) in [5.41, 5.74) is 0.333. The van der Waals surface area contributed by atoms with E-state index in [0.717, 1.165) is 11.1 Å². The van der Waals surface area contributed by atoms with Gasteiger partial charge in [0.1, 0.15) is 11.3 Å². The number of nitrogens with one attached hydrogen (secondary N) is 1. The van der Waals surface area contributed by atoms with Crippen LogP contribution < -0.4 is 5.32 Å². The molecule has 0 radical (unpaired) electrons. The van der Waals surface area contributed by atoms with Crippen molar-refractivity contribution in [3.63, 3.8) is 0 Å². The summed E-state index contributed by atoms with van der Waals surface area (Å²) < 4.78 is 25.1. The standard InChI is InChI=1S/C18H22F2N2O/c1-12(14-9-10-16(17(19)20)21-11-14)22-13(2)18(3,23)15-7-5-4-6-8-15/h4-13,17,22-23H,1-3H3. The normalized spacial score (nSPS) is 16.8. The van der Waals surface area contributed by atoms with Crippen molar-refractivity contribution in [1.82, 2.24) is 10.3 Å². The zero-order valence-electron chi connectivity index (χ0n) is 13.5. The van der Waals surface area contributed by atoms with Crippen LogP contribution in [-0.2, 0) is 5.60 Å². The summed E-state index contributed by atoms with van der Waals surface area (Å²) in [4.78, 5) is 3.77. The molecule has 0 amide bonds.